The third kappa shape index (κ3) is 7.62. The van der Waals surface area contributed by atoms with Crippen LogP contribution in [0.25, 0.3) is 0 Å². The summed E-state index contributed by atoms with van der Waals surface area (Å²) in [5.41, 5.74) is -1.75. The van der Waals surface area contributed by atoms with Crippen molar-refractivity contribution in [1.82, 2.24) is 4.90 Å². The highest BCUT2D eigenvalue weighted by Crippen LogP contribution is 2.57. The fourth-order valence-corrected chi connectivity index (χ4v) is 7.75. The number of Topliss-reactive ketones (excluding diaryl/α,β-unsaturated/α-hetero) is 1. The average Bonchev–Trinajstić information content (AvgIpc) is 3.24. The van der Waals surface area contributed by atoms with Crippen molar-refractivity contribution in [2.75, 3.05) is 13.7 Å². The zero-order valence-electron chi connectivity index (χ0n) is 25.8. The highest BCUT2D eigenvalue weighted by atomic mass is 79.9. The number of esters is 2. The lowest BCUT2D eigenvalue weighted by atomic mass is 9.77. The Morgan fingerprint density at radius 2 is 1.75 bits per heavy atom. The Morgan fingerprint density at radius 1 is 1.11 bits per heavy atom. The lowest BCUT2D eigenvalue weighted by Crippen LogP contribution is -2.48. The second kappa shape index (κ2) is 13.4. The number of hydrogen-bond acceptors (Lipinski definition) is 9. The van der Waals surface area contributed by atoms with Crippen molar-refractivity contribution in [3.05, 3.63) is 41.4 Å². The number of allylic oxidation sites excluding steroid dienone is 1. The Morgan fingerprint density at radius 3 is 2.30 bits per heavy atom. The van der Waals surface area contributed by atoms with Crippen LogP contribution in [0.5, 0.6) is 0 Å². The highest BCUT2D eigenvalue weighted by Gasteiger charge is 2.61. The molecule has 2 saturated carbocycles. The van der Waals surface area contributed by atoms with Gasteiger partial charge in [0, 0.05) is 23.9 Å². The summed E-state index contributed by atoms with van der Waals surface area (Å²) in [5, 5.41) is 0. The number of hydrogen-bond donors (Lipinski definition) is 0. The number of methoxy groups -OCH3 is 1. The van der Waals surface area contributed by atoms with Crippen LogP contribution in [0.1, 0.15) is 72.1 Å². The third-order valence-corrected chi connectivity index (χ3v) is 11.0. The first kappa shape index (κ1) is 34.3. The molecule has 0 radical (unpaired) electrons. The summed E-state index contributed by atoms with van der Waals surface area (Å²) in [4.78, 5) is 55.1. The largest absolute Gasteiger partial charge is 0.469 e. The molecule has 1 aliphatic heterocycles. The zero-order valence-corrected chi connectivity index (χ0v) is 28.2. The molecule has 2 aliphatic carbocycles. The molecule has 12 heteroatoms. The Balaban J connectivity index is 1.60. The number of halogens is 1. The van der Waals surface area contributed by atoms with Crippen molar-refractivity contribution >= 4 is 49.7 Å². The van der Waals surface area contributed by atoms with Gasteiger partial charge in [-0.05, 0) is 67.7 Å². The van der Waals surface area contributed by atoms with Gasteiger partial charge in [-0.2, -0.15) is 8.42 Å². The Labute approximate surface area is 268 Å². The average molecular weight is 697 g/mol. The minimum atomic E-state index is -4.22. The minimum absolute atomic E-state index is 0.0629. The summed E-state index contributed by atoms with van der Waals surface area (Å²) in [6.07, 6.45) is 3.94. The molecule has 3 fully saturated rings. The molecule has 44 heavy (non-hydrogen) atoms. The summed E-state index contributed by atoms with van der Waals surface area (Å²) >= 11 is 3.28. The molecule has 1 amide bonds. The van der Waals surface area contributed by atoms with Gasteiger partial charge in [0.05, 0.1) is 41.9 Å². The van der Waals surface area contributed by atoms with Crippen molar-refractivity contribution in [1.29, 1.82) is 0 Å². The number of likely N-dealkylation sites (tertiary alicyclic amines) is 1. The van der Waals surface area contributed by atoms with Gasteiger partial charge >= 0.3 is 11.9 Å². The van der Waals surface area contributed by atoms with Crippen LogP contribution in [0.4, 0.5) is 0 Å². The van der Waals surface area contributed by atoms with Crippen LogP contribution in [0, 0.1) is 22.7 Å². The number of benzene rings is 1. The summed E-state index contributed by atoms with van der Waals surface area (Å²) in [6.45, 7) is 9.10. The summed E-state index contributed by atoms with van der Waals surface area (Å²) in [6, 6.07) is 4.88. The normalized spacial score (nSPS) is 26.2. The van der Waals surface area contributed by atoms with E-state index in [0.717, 1.165) is 25.7 Å². The number of ketones is 1. The van der Waals surface area contributed by atoms with Gasteiger partial charge in [0.15, 0.2) is 5.78 Å². The minimum Gasteiger partial charge on any atom is -0.469 e. The van der Waals surface area contributed by atoms with Crippen LogP contribution < -0.4 is 0 Å². The molecule has 1 aromatic rings. The summed E-state index contributed by atoms with van der Waals surface area (Å²) in [5.74, 6) is -2.96. The summed E-state index contributed by atoms with van der Waals surface area (Å²) < 4.78 is 43.2. The molecule has 1 heterocycles. The number of carbonyl (C=O) groups excluding carboxylic acids is 4. The molecular formula is C32H42BrNO9S. The standard InChI is InChI=1S/C32H42BrNO9S/c1-6-20-17-32(20,30(38)41-5)18-27(35)26-15-23(43-44(39,40)24-13-11-21(33)12-14-24)19-34(26)29(37)25(31(2,3)4)16-28(36)42-22-9-7-8-10-22/h6,11-14,20,22-23,25-26H,1,7-10,15-19H2,2-5H3/t20-,23+,25-,26+,32-/m1/s1. The van der Waals surface area contributed by atoms with Gasteiger partial charge in [0.1, 0.15) is 6.10 Å². The van der Waals surface area contributed by atoms with Gasteiger partial charge in [-0.15, -0.1) is 6.58 Å². The van der Waals surface area contributed by atoms with Crippen molar-refractivity contribution in [2.24, 2.45) is 22.7 Å². The highest BCUT2D eigenvalue weighted by molar-refractivity contribution is 9.10. The molecule has 1 aromatic carbocycles. The van der Waals surface area contributed by atoms with Crippen LogP contribution >= 0.6 is 15.9 Å². The van der Waals surface area contributed by atoms with Gasteiger partial charge in [-0.25, -0.2) is 0 Å². The molecule has 1 saturated heterocycles. The topological polar surface area (TPSA) is 133 Å². The van der Waals surface area contributed by atoms with Crippen LogP contribution in [0.15, 0.2) is 46.3 Å². The van der Waals surface area contributed by atoms with Crippen LogP contribution in [-0.4, -0.2) is 68.9 Å². The van der Waals surface area contributed by atoms with Crippen LogP contribution in [-0.2, 0) is 43.0 Å². The van der Waals surface area contributed by atoms with Gasteiger partial charge in [0.2, 0.25) is 5.91 Å². The predicted molar refractivity (Wildman–Crippen MR) is 165 cm³/mol. The van der Waals surface area contributed by atoms with Gasteiger partial charge in [-0.1, -0.05) is 42.8 Å². The number of nitrogens with zero attached hydrogens (tertiary/aromatic N) is 1. The Hall–Kier alpha value is -2.57. The van der Waals surface area contributed by atoms with Crippen LogP contribution in [0.2, 0.25) is 0 Å². The number of rotatable bonds is 12. The monoisotopic (exact) mass is 695 g/mol. The van der Waals surface area contributed by atoms with E-state index in [1.54, 1.807) is 18.2 Å². The summed E-state index contributed by atoms with van der Waals surface area (Å²) in [7, 11) is -2.97. The maximum absolute atomic E-state index is 14.2. The van der Waals surface area contributed by atoms with E-state index in [1.807, 2.05) is 20.8 Å². The van der Waals surface area contributed by atoms with Crippen molar-refractivity contribution in [2.45, 2.75) is 95.3 Å². The van der Waals surface area contributed by atoms with E-state index in [-0.39, 0.29) is 42.7 Å². The molecule has 242 valence electrons. The molecule has 4 rings (SSSR count). The van der Waals surface area contributed by atoms with Gasteiger partial charge in [0.25, 0.3) is 10.1 Å². The fourth-order valence-electron chi connectivity index (χ4n) is 6.41. The molecule has 0 unspecified atom stereocenters. The molecule has 0 spiro atoms. The molecule has 0 N–H and O–H groups in total. The first-order chi connectivity index (χ1) is 20.6. The van der Waals surface area contributed by atoms with Crippen molar-refractivity contribution in [3.8, 4) is 0 Å². The number of carbonyl (C=O) groups is 4. The Bertz CT molecular complexity index is 1380. The van der Waals surface area contributed by atoms with Crippen molar-refractivity contribution in [3.63, 3.8) is 0 Å². The fraction of sp³-hybridized carbons (Fsp3) is 0.625. The molecule has 0 bridgehead atoms. The SMILES string of the molecule is C=C[C@@H]1C[C@]1(CC(=O)[C@@H]1C[C@H](OS(=O)(=O)c2ccc(Br)cc2)CN1C(=O)[C@@H](CC(=O)OC1CCCC1)C(C)(C)C)C(=O)OC. The molecule has 0 aromatic heterocycles. The van der Waals surface area contributed by atoms with E-state index in [1.165, 1.54) is 24.1 Å². The van der Waals surface area contributed by atoms with E-state index in [2.05, 4.69) is 22.5 Å². The lowest BCUT2D eigenvalue weighted by molar-refractivity contribution is -0.156. The van der Waals surface area contributed by atoms with Crippen molar-refractivity contribution < 1.29 is 41.3 Å². The molecule has 5 atom stereocenters. The Kier molecular flexibility index (Phi) is 10.5. The van der Waals surface area contributed by atoms with E-state index >= 15 is 0 Å². The first-order valence-electron chi connectivity index (χ1n) is 15.0. The second-order valence-electron chi connectivity index (χ2n) is 13.2. The molecular weight excluding hydrogens is 654 g/mol. The molecule has 10 nitrogen and oxygen atoms in total. The smallest absolute Gasteiger partial charge is 0.312 e. The maximum atomic E-state index is 14.2. The lowest BCUT2D eigenvalue weighted by Gasteiger charge is -2.35. The van der Waals surface area contributed by atoms with E-state index < -0.39 is 62.6 Å². The number of amides is 1. The van der Waals surface area contributed by atoms with Gasteiger partial charge < -0.3 is 14.4 Å². The van der Waals surface area contributed by atoms with Crippen LogP contribution in [0.3, 0.4) is 0 Å². The zero-order chi connectivity index (χ0) is 32.4. The molecule has 3 aliphatic rings. The van der Waals surface area contributed by atoms with E-state index in [9.17, 15) is 27.6 Å². The third-order valence-electron chi connectivity index (χ3n) is 9.10. The quantitative estimate of drug-likeness (QED) is 0.169. The van der Waals surface area contributed by atoms with E-state index in [0.29, 0.717) is 10.9 Å². The van der Waals surface area contributed by atoms with Gasteiger partial charge in [-0.3, -0.25) is 23.4 Å². The first-order valence-corrected chi connectivity index (χ1v) is 17.2. The van der Waals surface area contributed by atoms with E-state index in [4.69, 9.17) is 13.7 Å². The predicted octanol–water partition coefficient (Wildman–Crippen LogP) is 4.99. The maximum Gasteiger partial charge on any atom is 0.312 e. The number of ether oxygens (including phenoxy) is 2. The second-order valence-corrected chi connectivity index (χ2v) is 15.7.